The van der Waals surface area contributed by atoms with E-state index in [0.29, 0.717) is 16.6 Å². The van der Waals surface area contributed by atoms with Crippen molar-refractivity contribution in [3.8, 4) is 5.75 Å². The van der Waals surface area contributed by atoms with Crippen molar-refractivity contribution in [3.05, 3.63) is 59.0 Å². The number of aromatic amines is 1. The van der Waals surface area contributed by atoms with Crippen molar-refractivity contribution in [2.24, 2.45) is 0 Å². The van der Waals surface area contributed by atoms with Gasteiger partial charge in [-0.3, -0.25) is 5.10 Å². The molecule has 0 radical (unpaired) electrons. The number of nitrogens with zero attached hydrogens (tertiary/aromatic N) is 1. The Hall–Kier alpha value is -3.19. The lowest BCUT2D eigenvalue weighted by molar-refractivity contribution is 0.0691. The number of ether oxygens (including phenoxy) is 1. The molecule has 0 aliphatic carbocycles. The number of aromatic carboxylic acids is 1. The number of fused-ring (bicyclic) bond motifs is 1. The van der Waals surface area contributed by atoms with Crippen LogP contribution in [0.2, 0.25) is 0 Å². The molecule has 6 nitrogen and oxygen atoms in total. The summed E-state index contributed by atoms with van der Waals surface area (Å²) in [5, 5.41) is 25.8. The van der Waals surface area contributed by atoms with Gasteiger partial charge in [-0.25, -0.2) is 9.18 Å². The van der Waals surface area contributed by atoms with Crippen molar-refractivity contribution in [1.82, 2.24) is 10.2 Å². The zero-order chi connectivity index (χ0) is 17.8. The average Bonchev–Trinajstić information content (AvgIpc) is 3.02. The Balaban J connectivity index is 2.07. The zero-order valence-corrected chi connectivity index (χ0v) is 13.1. The van der Waals surface area contributed by atoms with E-state index in [4.69, 9.17) is 9.84 Å². The number of nitrogens with one attached hydrogen (secondary N) is 1. The molecule has 1 aromatic heterocycles. The Morgan fingerprint density at radius 1 is 1.20 bits per heavy atom. The SMILES string of the molecule is O=C(O)c1ccc2n[nH]c(C=Cc3ccc(F)cc3)c2c1OCCO. The summed E-state index contributed by atoms with van der Waals surface area (Å²) in [7, 11) is 0. The van der Waals surface area contributed by atoms with Crippen LogP contribution in [0.25, 0.3) is 23.1 Å². The number of carboxylic acid groups (broad SMARTS) is 1. The normalized spacial score (nSPS) is 11.3. The summed E-state index contributed by atoms with van der Waals surface area (Å²) in [6, 6.07) is 8.93. The number of halogens is 1. The van der Waals surface area contributed by atoms with Crippen molar-refractivity contribution >= 4 is 29.0 Å². The molecule has 0 unspecified atom stereocenters. The molecule has 0 fully saturated rings. The smallest absolute Gasteiger partial charge is 0.339 e. The average molecular weight is 342 g/mol. The number of carboxylic acids is 1. The van der Waals surface area contributed by atoms with Crippen molar-refractivity contribution in [1.29, 1.82) is 0 Å². The molecule has 0 spiro atoms. The molecule has 0 atom stereocenters. The fourth-order valence-electron chi connectivity index (χ4n) is 2.44. The summed E-state index contributed by atoms with van der Waals surface area (Å²) in [6.45, 7) is -0.278. The van der Waals surface area contributed by atoms with E-state index < -0.39 is 5.97 Å². The van der Waals surface area contributed by atoms with Gasteiger partial charge in [0.05, 0.1) is 23.2 Å². The predicted molar refractivity (Wildman–Crippen MR) is 91.0 cm³/mol. The highest BCUT2D eigenvalue weighted by atomic mass is 19.1. The first-order valence-electron chi connectivity index (χ1n) is 7.52. The van der Waals surface area contributed by atoms with E-state index in [1.165, 1.54) is 18.2 Å². The molecule has 0 bridgehead atoms. The second-order valence-electron chi connectivity index (χ2n) is 5.24. The highest BCUT2D eigenvalue weighted by molar-refractivity contribution is 6.02. The van der Waals surface area contributed by atoms with Crippen LogP contribution in [0.5, 0.6) is 5.75 Å². The van der Waals surface area contributed by atoms with Crippen LogP contribution in [0.4, 0.5) is 4.39 Å². The summed E-state index contributed by atoms with van der Waals surface area (Å²) < 4.78 is 18.4. The molecule has 128 valence electrons. The van der Waals surface area contributed by atoms with Crippen LogP contribution in [0.1, 0.15) is 21.6 Å². The molecule has 0 saturated carbocycles. The summed E-state index contributed by atoms with van der Waals surface area (Å²) >= 11 is 0. The van der Waals surface area contributed by atoms with Gasteiger partial charge in [-0.15, -0.1) is 0 Å². The van der Waals surface area contributed by atoms with E-state index in [0.717, 1.165) is 5.56 Å². The topological polar surface area (TPSA) is 95.4 Å². The molecule has 1 heterocycles. The summed E-state index contributed by atoms with van der Waals surface area (Å²) in [5.41, 5.74) is 1.85. The summed E-state index contributed by atoms with van der Waals surface area (Å²) in [4.78, 5) is 11.4. The Kier molecular flexibility index (Phi) is 4.76. The van der Waals surface area contributed by atoms with Crippen LogP contribution in [-0.2, 0) is 0 Å². The molecule has 3 rings (SSSR count). The maximum atomic E-state index is 13.0. The fourth-order valence-corrected chi connectivity index (χ4v) is 2.44. The van der Waals surface area contributed by atoms with Gasteiger partial charge in [0.15, 0.2) is 0 Å². The molecular weight excluding hydrogens is 327 g/mol. The van der Waals surface area contributed by atoms with E-state index in [-0.39, 0.29) is 30.3 Å². The second-order valence-corrected chi connectivity index (χ2v) is 5.24. The van der Waals surface area contributed by atoms with Crippen LogP contribution in [0, 0.1) is 5.82 Å². The van der Waals surface area contributed by atoms with Gasteiger partial charge in [0, 0.05) is 0 Å². The zero-order valence-electron chi connectivity index (χ0n) is 13.1. The van der Waals surface area contributed by atoms with Gasteiger partial charge in [0.25, 0.3) is 0 Å². The van der Waals surface area contributed by atoms with E-state index in [2.05, 4.69) is 10.2 Å². The molecule has 7 heteroatoms. The standard InChI is InChI=1S/C18H15FN2O4/c19-12-4-1-11(2-5-12)3-7-14-16-15(21-20-14)8-6-13(18(23)24)17(16)25-10-9-22/h1-8,22H,9-10H2,(H,20,21)(H,23,24). The van der Waals surface area contributed by atoms with E-state index >= 15 is 0 Å². The maximum absolute atomic E-state index is 13.0. The number of aliphatic hydroxyl groups is 1. The van der Waals surface area contributed by atoms with Crippen molar-refractivity contribution in [2.75, 3.05) is 13.2 Å². The Morgan fingerprint density at radius 3 is 2.64 bits per heavy atom. The third-order valence-electron chi connectivity index (χ3n) is 3.58. The minimum Gasteiger partial charge on any atom is -0.489 e. The maximum Gasteiger partial charge on any atom is 0.339 e. The molecule has 25 heavy (non-hydrogen) atoms. The van der Waals surface area contributed by atoms with Crippen LogP contribution >= 0.6 is 0 Å². The highest BCUT2D eigenvalue weighted by Gasteiger charge is 2.18. The molecule has 0 amide bonds. The number of aliphatic hydroxyl groups excluding tert-OH is 1. The second kappa shape index (κ2) is 7.14. The lowest BCUT2D eigenvalue weighted by Gasteiger charge is -2.09. The van der Waals surface area contributed by atoms with Crippen LogP contribution < -0.4 is 4.74 Å². The lowest BCUT2D eigenvalue weighted by atomic mass is 10.1. The van der Waals surface area contributed by atoms with Crippen LogP contribution in [0.15, 0.2) is 36.4 Å². The fraction of sp³-hybridized carbons (Fsp3) is 0.111. The molecule has 0 saturated heterocycles. The van der Waals surface area contributed by atoms with E-state index in [1.54, 1.807) is 30.4 Å². The quantitative estimate of drug-likeness (QED) is 0.640. The Morgan fingerprint density at radius 2 is 1.96 bits per heavy atom. The van der Waals surface area contributed by atoms with E-state index in [9.17, 15) is 14.3 Å². The number of rotatable bonds is 6. The van der Waals surface area contributed by atoms with Crippen LogP contribution in [0.3, 0.4) is 0 Å². The largest absolute Gasteiger partial charge is 0.489 e. The van der Waals surface area contributed by atoms with Gasteiger partial charge in [-0.2, -0.15) is 5.10 Å². The first-order valence-corrected chi connectivity index (χ1v) is 7.52. The number of hydrogen-bond acceptors (Lipinski definition) is 4. The molecule has 3 N–H and O–H groups in total. The van der Waals surface area contributed by atoms with Gasteiger partial charge in [0.1, 0.15) is 23.7 Å². The number of aromatic nitrogens is 2. The Bertz CT molecular complexity index is 932. The molecular formula is C18H15FN2O4. The first kappa shape index (κ1) is 16.7. The van der Waals surface area contributed by atoms with Gasteiger partial charge in [-0.05, 0) is 35.9 Å². The van der Waals surface area contributed by atoms with Crippen molar-refractivity contribution in [3.63, 3.8) is 0 Å². The predicted octanol–water partition coefficient (Wildman–Crippen LogP) is 2.94. The number of H-pyrrole nitrogens is 1. The van der Waals surface area contributed by atoms with E-state index in [1.807, 2.05) is 0 Å². The van der Waals surface area contributed by atoms with Gasteiger partial charge in [0.2, 0.25) is 0 Å². The molecule has 2 aromatic carbocycles. The lowest BCUT2D eigenvalue weighted by Crippen LogP contribution is -2.07. The molecule has 3 aromatic rings. The Labute approximate surface area is 142 Å². The third-order valence-corrected chi connectivity index (χ3v) is 3.58. The minimum absolute atomic E-state index is 0.0150. The number of carbonyl (C=O) groups is 1. The minimum atomic E-state index is -1.13. The number of hydrogen-bond donors (Lipinski definition) is 3. The highest BCUT2D eigenvalue weighted by Crippen LogP contribution is 2.32. The van der Waals surface area contributed by atoms with Crippen molar-refractivity contribution < 1.29 is 24.1 Å². The molecule has 0 aliphatic heterocycles. The van der Waals surface area contributed by atoms with Crippen molar-refractivity contribution in [2.45, 2.75) is 0 Å². The molecule has 0 aliphatic rings. The van der Waals surface area contributed by atoms with Gasteiger partial charge < -0.3 is 14.9 Å². The first-order chi connectivity index (χ1) is 12.1. The van der Waals surface area contributed by atoms with Gasteiger partial charge >= 0.3 is 5.97 Å². The number of benzene rings is 2. The summed E-state index contributed by atoms with van der Waals surface area (Å²) in [6.07, 6.45) is 3.45. The monoisotopic (exact) mass is 342 g/mol. The van der Waals surface area contributed by atoms with Crippen LogP contribution in [-0.4, -0.2) is 39.6 Å². The van der Waals surface area contributed by atoms with Gasteiger partial charge in [-0.1, -0.05) is 18.2 Å². The third kappa shape index (κ3) is 3.51. The summed E-state index contributed by atoms with van der Waals surface area (Å²) in [5.74, 6) is -1.31.